The van der Waals surface area contributed by atoms with Crippen molar-refractivity contribution in [3.05, 3.63) is 29.6 Å². The van der Waals surface area contributed by atoms with Gasteiger partial charge in [-0.2, -0.15) is 0 Å². The van der Waals surface area contributed by atoms with Crippen molar-refractivity contribution in [3.8, 4) is 0 Å². The van der Waals surface area contributed by atoms with Gasteiger partial charge in [-0.05, 0) is 43.4 Å². The molecular formula is C12H17NO. The summed E-state index contributed by atoms with van der Waals surface area (Å²) in [7, 11) is 0. The molecule has 0 saturated heterocycles. The second-order valence-corrected chi connectivity index (χ2v) is 3.87. The van der Waals surface area contributed by atoms with Crippen LogP contribution in [-0.2, 0) is 17.8 Å². The molecule has 0 aliphatic heterocycles. The van der Waals surface area contributed by atoms with Crippen LogP contribution in [0.5, 0.6) is 0 Å². The largest absolute Gasteiger partial charge is 0.374 e. The van der Waals surface area contributed by atoms with Gasteiger partial charge >= 0.3 is 0 Å². The molecule has 1 aromatic heterocycles. The van der Waals surface area contributed by atoms with Crippen molar-refractivity contribution in [2.45, 2.75) is 45.3 Å². The summed E-state index contributed by atoms with van der Waals surface area (Å²) in [6.45, 7) is 2.87. The molecule has 0 bridgehead atoms. The molecule has 1 aliphatic rings. The van der Waals surface area contributed by atoms with Gasteiger partial charge < -0.3 is 4.74 Å². The first-order valence-corrected chi connectivity index (χ1v) is 5.44. The molecule has 0 aromatic carbocycles. The van der Waals surface area contributed by atoms with Crippen LogP contribution in [0.2, 0.25) is 0 Å². The fraction of sp³-hybridized carbons (Fsp3) is 0.583. The van der Waals surface area contributed by atoms with Gasteiger partial charge in [-0.3, -0.25) is 4.98 Å². The van der Waals surface area contributed by atoms with E-state index in [1.54, 1.807) is 0 Å². The van der Waals surface area contributed by atoms with Crippen LogP contribution in [0.1, 0.15) is 37.4 Å². The summed E-state index contributed by atoms with van der Waals surface area (Å²) in [4.78, 5) is 4.26. The quantitative estimate of drug-likeness (QED) is 0.730. The highest BCUT2D eigenvalue weighted by molar-refractivity contribution is 5.15. The van der Waals surface area contributed by atoms with Crippen molar-refractivity contribution in [3.63, 3.8) is 0 Å². The Bertz CT molecular complexity index is 294. The molecule has 2 nitrogen and oxygen atoms in total. The molecule has 1 aliphatic carbocycles. The van der Waals surface area contributed by atoms with Crippen molar-refractivity contribution in [1.82, 2.24) is 4.98 Å². The Morgan fingerprint density at radius 2 is 2.36 bits per heavy atom. The number of rotatable bonds is 4. The summed E-state index contributed by atoms with van der Waals surface area (Å²) in [6, 6.07) is 4.18. The van der Waals surface area contributed by atoms with E-state index in [0.29, 0.717) is 6.10 Å². The molecule has 1 heterocycles. The Morgan fingerprint density at radius 1 is 1.50 bits per heavy atom. The molecule has 1 fully saturated rings. The number of nitrogens with zero attached hydrogens (tertiary/aromatic N) is 1. The fourth-order valence-electron chi connectivity index (χ4n) is 1.56. The second-order valence-electron chi connectivity index (χ2n) is 3.87. The number of ether oxygens (including phenoxy) is 1. The highest BCUT2D eigenvalue weighted by atomic mass is 16.5. The fourth-order valence-corrected chi connectivity index (χ4v) is 1.56. The molecule has 0 atom stereocenters. The second kappa shape index (κ2) is 4.56. The van der Waals surface area contributed by atoms with Crippen LogP contribution in [0.4, 0.5) is 0 Å². The monoisotopic (exact) mass is 191 g/mol. The average Bonchev–Trinajstić information content (AvgIpc) is 2.16. The maximum absolute atomic E-state index is 5.74. The van der Waals surface area contributed by atoms with Gasteiger partial charge in [0, 0.05) is 11.9 Å². The molecule has 1 saturated carbocycles. The van der Waals surface area contributed by atoms with Crippen LogP contribution < -0.4 is 0 Å². The zero-order chi connectivity index (χ0) is 9.80. The summed E-state index contributed by atoms with van der Waals surface area (Å²) in [5.41, 5.74) is 2.41. The molecular weight excluding hydrogens is 174 g/mol. The lowest BCUT2D eigenvalue weighted by atomic mass is 9.96. The minimum atomic E-state index is 0.522. The Morgan fingerprint density at radius 3 is 3.00 bits per heavy atom. The molecule has 76 valence electrons. The third-order valence-corrected chi connectivity index (χ3v) is 2.78. The van der Waals surface area contributed by atoms with Crippen LogP contribution in [0.15, 0.2) is 18.3 Å². The van der Waals surface area contributed by atoms with Gasteiger partial charge in [-0.1, -0.05) is 6.92 Å². The van der Waals surface area contributed by atoms with Crippen LogP contribution in [0, 0.1) is 0 Å². The maximum Gasteiger partial charge on any atom is 0.0721 e. The predicted octanol–water partition coefficient (Wildman–Crippen LogP) is 2.71. The third-order valence-electron chi connectivity index (χ3n) is 2.78. The number of pyridine rings is 1. The van der Waals surface area contributed by atoms with E-state index in [4.69, 9.17) is 4.74 Å². The van der Waals surface area contributed by atoms with E-state index >= 15 is 0 Å². The van der Waals surface area contributed by atoms with E-state index in [0.717, 1.165) is 18.7 Å². The maximum atomic E-state index is 5.74. The van der Waals surface area contributed by atoms with E-state index in [-0.39, 0.29) is 0 Å². The smallest absolute Gasteiger partial charge is 0.0721 e. The summed E-state index contributed by atoms with van der Waals surface area (Å²) in [6.07, 6.45) is 7.21. The first-order valence-electron chi connectivity index (χ1n) is 5.44. The highest BCUT2D eigenvalue weighted by Crippen LogP contribution is 2.23. The van der Waals surface area contributed by atoms with E-state index < -0.39 is 0 Å². The van der Waals surface area contributed by atoms with Gasteiger partial charge in [0.15, 0.2) is 0 Å². The summed E-state index contributed by atoms with van der Waals surface area (Å²) in [5.74, 6) is 0. The zero-order valence-corrected chi connectivity index (χ0v) is 8.70. The molecule has 2 rings (SSSR count). The molecule has 0 spiro atoms. The third kappa shape index (κ3) is 2.32. The molecule has 14 heavy (non-hydrogen) atoms. The standard InChI is InChI=1S/C12H17NO/c1-2-11-8-10(6-7-13-11)9-14-12-4-3-5-12/h6-8,12H,2-5,9H2,1H3. The van der Waals surface area contributed by atoms with E-state index in [2.05, 4.69) is 18.0 Å². The first-order chi connectivity index (χ1) is 6.88. The number of aryl methyl sites for hydroxylation is 1. The lowest BCUT2D eigenvalue weighted by molar-refractivity contribution is -0.00871. The first kappa shape index (κ1) is 9.66. The topological polar surface area (TPSA) is 22.1 Å². The van der Waals surface area contributed by atoms with E-state index in [1.165, 1.54) is 24.8 Å². The van der Waals surface area contributed by atoms with Crippen LogP contribution in [0.3, 0.4) is 0 Å². The Labute approximate surface area is 85.3 Å². The predicted molar refractivity (Wildman–Crippen MR) is 56.0 cm³/mol. The summed E-state index contributed by atoms with van der Waals surface area (Å²) >= 11 is 0. The number of hydrogen-bond acceptors (Lipinski definition) is 2. The van der Waals surface area contributed by atoms with E-state index in [1.807, 2.05) is 12.3 Å². The van der Waals surface area contributed by atoms with Gasteiger partial charge in [-0.15, -0.1) is 0 Å². The van der Waals surface area contributed by atoms with Gasteiger partial charge in [0.1, 0.15) is 0 Å². The van der Waals surface area contributed by atoms with Crippen LogP contribution in [0.25, 0.3) is 0 Å². The minimum Gasteiger partial charge on any atom is -0.374 e. The van der Waals surface area contributed by atoms with Crippen molar-refractivity contribution < 1.29 is 4.74 Å². The van der Waals surface area contributed by atoms with Gasteiger partial charge in [-0.25, -0.2) is 0 Å². The molecule has 1 aromatic rings. The Kier molecular flexibility index (Phi) is 3.14. The van der Waals surface area contributed by atoms with Crippen LogP contribution in [-0.4, -0.2) is 11.1 Å². The van der Waals surface area contributed by atoms with Gasteiger partial charge in [0.2, 0.25) is 0 Å². The lowest BCUT2D eigenvalue weighted by Gasteiger charge is -2.25. The highest BCUT2D eigenvalue weighted by Gasteiger charge is 2.17. The number of aromatic nitrogens is 1. The normalized spacial score (nSPS) is 16.6. The summed E-state index contributed by atoms with van der Waals surface area (Å²) < 4.78 is 5.74. The number of hydrogen-bond donors (Lipinski definition) is 0. The molecule has 0 radical (unpaired) electrons. The SMILES string of the molecule is CCc1cc(COC2CCC2)ccn1. The van der Waals surface area contributed by atoms with Crippen molar-refractivity contribution in [2.24, 2.45) is 0 Å². The van der Waals surface area contributed by atoms with Gasteiger partial charge in [0.25, 0.3) is 0 Å². The zero-order valence-electron chi connectivity index (χ0n) is 8.70. The van der Waals surface area contributed by atoms with E-state index in [9.17, 15) is 0 Å². The minimum absolute atomic E-state index is 0.522. The average molecular weight is 191 g/mol. The van der Waals surface area contributed by atoms with Crippen LogP contribution >= 0.6 is 0 Å². The lowest BCUT2D eigenvalue weighted by Crippen LogP contribution is -2.21. The van der Waals surface area contributed by atoms with Crippen molar-refractivity contribution in [1.29, 1.82) is 0 Å². The Balaban J connectivity index is 1.87. The van der Waals surface area contributed by atoms with Crippen molar-refractivity contribution >= 4 is 0 Å². The molecule has 0 N–H and O–H groups in total. The molecule has 2 heteroatoms. The Hall–Kier alpha value is -0.890. The van der Waals surface area contributed by atoms with Gasteiger partial charge in [0.05, 0.1) is 12.7 Å². The van der Waals surface area contributed by atoms with Crippen molar-refractivity contribution in [2.75, 3.05) is 0 Å². The molecule has 0 amide bonds. The summed E-state index contributed by atoms with van der Waals surface area (Å²) in [5, 5.41) is 0. The molecule has 0 unspecified atom stereocenters.